The van der Waals surface area contributed by atoms with Crippen molar-refractivity contribution in [2.75, 3.05) is 24.6 Å². The third-order valence-electron chi connectivity index (χ3n) is 6.89. The molecule has 0 saturated carbocycles. The minimum atomic E-state index is -3.80. The fraction of sp³-hybridized carbons (Fsp3) is 0.194. The monoisotopic (exact) mass is 599 g/mol. The van der Waals surface area contributed by atoms with Gasteiger partial charge >= 0.3 is 0 Å². The number of aliphatic hydroxyl groups is 1. The van der Waals surface area contributed by atoms with Gasteiger partial charge in [-0.05, 0) is 78.7 Å². The topological polar surface area (TPSA) is 149 Å². The predicted molar refractivity (Wildman–Crippen MR) is 158 cm³/mol. The van der Waals surface area contributed by atoms with Crippen molar-refractivity contribution in [1.29, 1.82) is 0 Å². The van der Waals surface area contributed by atoms with Crippen LogP contribution >= 0.6 is 0 Å². The Morgan fingerprint density at radius 3 is 2.51 bits per heavy atom. The molecule has 0 saturated heterocycles. The molecule has 2 aromatic heterocycles. The Morgan fingerprint density at radius 2 is 1.72 bits per heavy atom. The van der Waals surface area contributed by atoms with Gasteiger partial charge in [-0.2, -0.15) is 4.98 Å². The number of anilines is 1. The van der Waals surface area contributed by atoms with Gasteiger partial charge in [-0.25, -0.2) is 8.42 Å². The standard InChI is InChI=1S/C31H29N5O6S/c37-27(24-2-1-14-32-18-24)19-33-15-13-21-3-8-25(9-4-21)36-43(38,39)26-10-6-23(7-11-26)31-34-30(42-35-31)17-22-5-12-28-29(16-22)41-20-40-28/h1-12,14,16,18,27,33,36-37H,13,15,17,19-20H2. The van der Waals surface area contributed by atoms with Crippen molar-refractivity contribution >= 4 is 15.7 Å². The van der Waals surface area contributed by atoms with Gasteiger partial charge in [-0.15, -0.1) is 0 Å². The molecular weight excluding hydrogens is 570 g/mol. The summed E-state index contributed by atoms with van der Waals surface area (Å²) in [6.45, 7) is 1.28. The number of fused-ring (bicyclic) bond motifs is 1. The minimum Gasteiger partial charge on any atom is -0.454 e. The zero-order valence-corrected chi connectivity index (χ0v) is 23.8. The van der Waals surface area contributed by atoms with Crippen molar-refractivity contribution in [3.05, 3.63) is 114 Å². The van der Waals surface area contributed by atoms with E-state index < -0.39 is 16.1 Å². The summed E-state index contributed by atoms with van der Waals surface area (Å²) < 4.78 is 44.8. The molecule has 3 aromatic carbocycles. The summed E-state index contributed by atoms with van der Waals surface area (Å²) in [5, 5.41) is 17.5. The van der Waals surface area contributed by atoms with Gasteiger partial charge in [0.25, 0.3) is 10.0 Å². The lowest BCUT2D eigenvalue weighted by Crippen LogP contribution is -2.23. The largest absolute Gasteiger partial charge is 0.454 e. The van der Waals surface area contributed by atoms with Gasteiger partial charge < -0.3 is 24.4 Å². The highest BCUT2D eigenvalue weighted by Gasteiger charge is 2.17. The van der Waals surface area contributed by atoms with E-state index in [4.69, 9.17) is 14.0 Å². The fourth-order valence-electron chi connectivity index (χ4n) is 4.57. The number of aromatic nitrogens is 3. The van der Waals surface area contributed by atoms with E-state index in [1.165, 1.54) is 12.1 Å². The summed E-state index contributed by atoms with van der Waals surface area (Å²) >= 11 is 0. The molecule has 0 radical (unpaired) electrons. The van der Waals surface area contributed by atoms with E-state index in [-0.39, 0.29) is 11.7 Å². The highest BCUT2D eigenvalue weighted by atomic mass is 32.2. The van der Waals surface area contributed by atoms with E-state index in [9.17, 15) is 13.5 Å². The number of nitrogens with one attached hydrogen (secondary N) is 2. The van der Waals surface area contributed by atoms with Gasteiger partial charge in [0.1, 0.15) is 0 Å². The summed E-state index contributed by atoms with van der Waals surface area (Å²) in [5.74, 6) is 2.18. The molecule has 11 nitrogen and oxygen atoms in total. The summed E-state index contributed by atoms with van der Waals surface area (Å²) in [7, 11) is -3.80. The number of hydrogen-bond acceptors (Lipinski definition) is 10. The fourth-order valence-corrected chi connectivity index (χ4v) is 5.63. The number of pyridine rings is 1. The van der Waals surface area contributed by atoms with Crippen LogP contribution in [-0.2, 0) is 22.9 Å². The van der Waals surface area contributed by atoms with Crippen LogP contribution < -0.4 is 19.5 Å². The second kappa shape index (κ2) is 12.6. The van der Waals surface area contributed by atoms with E-state index in [0.29, 0.717) is 54.0 Å². The Hall–Kier alpha value is -4.78. The second-order valence-corrected chi connectivity index (χ2v) is 11.6. The molecule has 1 atom stereocenters. The molecule has 43 heavy (non-hydrogen) atoms. The van der Waals surface area contributed by atoms with Crippen LogP contribution in [-0.4, -0.2) is 48.5 Å². The molecule has 0 fully saturated rings. The lowest BCUT2D eigenvalue weighted by Gasteiger charge is -2.12. The van der Waals surface area contributed by atoms with E-state index in [2.05, 4.69) is 25.2 Å². The van der Waals surface area contributed by atoms with E-state index in [0.717, 1.165) is 23.1 Å². The maximum atomic E-state index is 13.0. The first kappa shape index (κ1) is 28.3. The van der Waals surface area contributed by atoms with Crippen molar-refractivity contribution in [3.8, 4) is 22.9 Å². The van der Waals surface area contributed by atoms with Gasteiger partial charge in [0, 0.05) is 35.8 Å². The van der Waals surface area contributed by atoms with E-state index in [1.807, 2.05) is 36.4 Å². The molecular formula is C31H29N5O6S. The van der Waals surface area contributed by atoms with Gasteiger partial charge in [0.2, 0.25) is 18.5 Å². The molecule has 12 heteroatoms. The molecule has 0 amide bonds. The van der Waals surface area contributed by atoms with Gasteiger partial charge in [-0.1, -0.05) is 29.4 Å². The second-order valence-electron chi connectivity index (χ2n) is 9.96. The molecule has 1 aliphatic heterocycles. The van der Waals surface area contributed by atoms with E-state index >= 15 is 0 Å². The number of sulfonamides is 1. The average molecular weight is 600 g/mol. The number of nitrogens with zero attached hydrogens (tertiary/aromatic N) is 3. The van der Waals surface area contributed by atoms with Gasteiger partial charge in [-0.3, -0.25) is 9.71 Å². The van der Waals surface area contributed by atoms with Crippen LogP contribution in [0.4, 0.5) is 5.69 Å². The summed E-state index contributed by atoms with van der Waals surface area (Å²) in [4.78, 5) is 8.58. The maximum absolute atomic E-state index is 13.0. The Kier molecular flexibility index (Phi) is 8.31. The Bertz CT molecular complexity index is 1780. The Balaban J connectivity index is 1.01. The van der Waals surface area contributed by atoms with Crippen molar-refractivity contribution in [3.63, 3.8) is 0 Å². The molecule has 1 unspecified atom stereocenters. The number of aliphatic hydroxyl groups excluding tert-OH is 1. The first-order valence-electron chi connectivity index (χ1n) is 13.6. The third-order valence-corrected chi connectivity index (χ3v) is 8.28. The lowest BCUT2D eigenvalue weighted by molar-refractivity contribution is 0.174. The number of benzene rings is 3. The zero-order chi connectivity index (χ0) is 29.6. The van der Waals surface area contributed by atoms with Crippen LogP contribution in [0.1, 0.15) is 28.7 Å². The first-order chi connectivity index (χ1) is 20.9. The van der Waals surface area contributed by atoms with Gasteiger partial charge in [0.05, 0.1) is 17.4 Å². The van der Waals surface area contributed by atoms with Crippen LogP contribution in [0.2, 0.25) is 0 Å². The van der Waals surface area contributed by atoms with Crippen molar-refractivity contribution in [2.24, 2.45) is 0 Å². The molecule has 220 valence electrons. The van der Waals surface area contributed by atoms with Crippen LogP contribution in [0.5, 0.6) is 11.5 Å². The molecule has 1 aliphatic rings. The molecule has 5 aromatic rings. The summed E-state index contributed by atoms with van der Waals surface area (Å²) in [6.07, 6.45) is 3.83. The van der Waals surface area contributed by atoms with Crippen molar-refractivity contribution in [1.82, 2.24) is 20.4 Å². The molecule has 0 spiro atoms. The summed E-state index contributed by atoms with van der Waals surface area (Å²) in [5.41, 5.74) is 3.82. The predicted octanol–water partition coefficient (Wildman–Crippen LogP) is 4.12. The quantitative estimate of drug-likeness (QED) is 0.179. The Labute approximate surface area is 248 Å². The average Bonchev–Trinajstić information content (AvgIpc) is 3.70. The minimum absolute atomic E-state index is 0.112. The van der Waals surface area contributed by atoms with Gasteiger partial charge in [0.15, 0.2) is 11.5 Å². The highest BCUT2D eigenvalue weighted by Crippen LogP contribution is 2.33. The van der Waals surface area contributed by atoms with Crippen LogP contribution in [0.3, 0.4) is 0 Å². The zero-order valence-electron chi connectivity index (χ0n) is 23.0. The summed E-state index contributed by atoms with van der Waals surface area (Å²) in [6, 6.07) is 22.8. The smallest absolute Gasteiger partial charge is 0.261 e. The maximum Gasteiger partial charge on any atom is 0.261 e. The first-order valence-corrected chi connectivity index (χ1v) is 15.1. The van der Waals surface area contributed by atoms with Crippen LogP contribution in [0.25, 0.3) is 11.4 Å². The Morgan fingerprint density at radius 1 is 0.930 bits per heavy atom. The van der Waals surface area contributed by atoms with Crippen LogP contribution in [0, 0.1) is 0 Å². The highest BCUT2D eigenvalue weighted by molar-refractivity contribution is 7.92. The third kappa shape index (κ3) is 7.00. The van der Waals surface area contributed by atoms with Crippen LogP contribution in [0.15, 0.2) is 101 Å². The SMILES string of the molecule is O=S(=O)(Nc1ccc(CCNCC(O)c2cccnc2)cc1)c1ccc(-c2noc(Cc3ccc4c(c3)OCO4)n2)cc1. The number of hydrogen-bond donors (Lipinski definition) is 3. The molecule has 6 rings (SSSR count). The molecule has 3 heterocycles. The van der Waals surface area contributed by atoms with E-state index in [1.54, 1.807) is 42.7 Å². The molecule has 0 aliphatic carbocycles. The molecule has 3 N–H and O–H groups in total. The number of rotatable bonds is 12. The van der Waals surface area contributed by atoms with Crippen molar-refractivity contribution < 1.29 is 27.5 Å². The van der Waals surface area contributed by atoms with Crippen molar-refractivity contribution in [2.45, 2.75) is 23.8 Å². The normalized spacial score (nSPS) is 13.1. The number of ether oxygens (including phenoxy) is 2. The lowest BCUT2D eigenvalue weighted by atomic mass is 10.1. The molecule has 0 bridgehead atoms.